The predicted octanol–water partition coefficient (Wildman–Crippen LogP) is 2.17. The van der Waals surface area contributed by atoms with E-state index in [-0.39, 0.29) is 12.5 Å². The fourth-order valence-electron chi connectivity index (χ4n) is 1.81. The number of rotatable bonds is 7. The van der Waals surface area contributed by atoms with Crippen molar-refractivity contribution in [3.63, 3.8) is 0 Å². The third-order valence-corrected chi connectivity index (χ3v) is 2.94. The van der Waals surface area contributed by atoms with Crippen LogP contribution in [0.1, 0.15) is 38.7 Å². The number of ether oxygens (including phenoxy) is 1. The molecule has 1 aromatic rings. The van der Waals surface area contributed by atoms with E-state index in [1.54, 1.807) is 13.0 Å². The number of carbonyl (C=O) groups excluding carboxylic acids is 1. The van der Waals surface area contributed by atoms with Crippen LogP contribution in [0, 0.1) is 0 Å². The van der Waals surface area contributed by atoms with E-state index in [1.165, 1.54) is 0 Å². The summed E-state index contributed by atoms with van der Waals surface area (Å²) in [5.74, 6) is -0.529. The number of hydrogen-bond donors (Lipinski definition) is 2. The number of nitrogens with one attached hydrogen (secondary N) is 1. The van der Waals surface area contributed by atoms with Crippen molar-refractivity contribution in [2.45, 2.75) is 39.2 Å². The van der Waals surface area contributed by atoms with Crippen LogP contribution in [0.4, 0.5) is 0 Å². The largest absolute Gasteiger partial charge is 0.483 e. The van der Waals surface area contributed by atoms with Crippen molar-refractivity contribution in [2.75, 3.05) is 6.61 Å². The van der Waals surface area contributed by atoms with Crippen LogP contribution >= 0.6 is 0 Å². The summed E-state index contributed by atoms with van der Waals surface area (Å²) in [5.41, 5.74) is 1.02. The SMILES string of the molecule is CC[C@@H](NC(=O)COc1ccccc1C(C)C)C(=O)O. The second-order valence-corrected chi connectivity index (χ2v) is 4.85. The predicted molar refractivity (Wildman–Crippen MR) is 75.9 cm³/mol. The lowest BCUT2D eigenvalue weighted by molar-refractivity contribution is -0.142. The van der Waals surface area contributed by atoms with Gasteiger partial charge in [0.05, 0.1) is 0 Å². The first-order valence-corrected chi connectivity index (χ1v) is 6.69. The molecular weight excluding hydrogens is 258 g/mol. The number of carboxylic acid groups (broad SMARTS) is 1. The third kappa shape index (κ3) is 4.57. The fourth-order valence-corrected chi connectivity index (χ4v) is 1.81. The summed E-state index contributed by atoms with van der Waals surface area (Å²) in [6.07, 6.45) is 0.337. The van der Waals surface area contributed by atoms with Gasteiger partial charge in [0, 0.05) is 0 Å². The monoisotopic (exact) mass is 279 g/mol. The van der Waals surface area contributed by atoms with E-state index in [2.05, 4.69) is 5.32 Å². The highest BCUT2D eigenvalue weighted by Crippen LogP contribution is 2.25. The van der Waals surface area contributed by atoms with E-state index >= 15 is 0 Å². The Balaban J connectivity index is 2.59. The Bertz CT molecular complexity index is 471. The molecule has 0 heterocycles. The van der Waals surface area contributed by atoms with Crippen LogP contribution < -0.4 is 10.1 Å². The molecule has 5 nitrogen and oxygen atoms in total. The summed E-state index contributed by atoms with van der Waals surface area (Å²) < 4.78 is 5.48. The summed E-state index contributed by atoms with van der Waals surface area (Å²) in [4.78, 5) is 22.5. The summed E-state index contributed by atoms with van der Waals surface area (Å²) in [6.45, 7) is 5.60. The minimum Gasteiger partial charge on any atom is -0.483 e. The second-order valence-electron chi connectivity index (χ2n) is 4.85. The van der Waals surface area contributed by atoms with Gasteiger partial charge >= 0.3 is 5.97 Å². The maximum absolute atomic E-state index is 11.7. The van der Waals surface area contributed by atoms with Gasteiger partial charge in [0.2, 0.25) is 0 Å². The smallest absolute Gasteiger partial charge is 0.326 e. The van der Waals surface area contributed by atoms with Gasteiger partial charge in [-0.25, -0.2) is 4.79 Å². The average molecular weight is 279 g/mol. The zero-order valence-electron chi connectivity index (χ0n) is 12.1. The molecule has 110 valence electrons. The highest BCUT2D eigenvalue weighted by molar-refractivity contribution is 5.84. The molecule has 1 atom stereocenters. The zero-order chi connectivity index (χ0) is 15.1. The molecule has 0 bridgehead atoms. The van der Waals surface area contributed by atoms with Crippen LogP contribution in [0.25, 0.3) is 0 Å². The Hall–Kier alpha value is -2.04. The molecule has 1 aromatic carbocycles. The van der Waals surface area contributed by atoms with E-state index in [4.69, 9.17) is 9.84 Å². The molecule has 0 aliphatic rings. The number of para-hydroxylation sites is 1. The third-order valence-electron chi connectivity index (χ3n) is 2.94. The number of amides is 1. The molecule has 5 heteroatoms. The Morgan fingerprint density at radius 1 is 1.30 bits per heavy atom. The maximum atomic E-state index is 11.7. The van der Waals surface area contributed by atoms with Crippen molar-refractivity contribution in [3.8, 4) is 5.75 Å². The number of aliphatic carboxylic acids is 1. The number of benzene rings is 1. The molecule has 0 aliphatic heterocycles. The number of carboxylic acids is 1. The first-order chi connectivity index (χ1) is 9.45. The molecule has 0 aromatic heterocycles. The lowest BCUT2D eigenvalue weighted by Crippen LogP contribution is -2.42. The van der Waals surface area contributed by atoms with Crippen molar-refractivity contribution >= 4 is 11.9 Å². The normalized spacial score (nSPS) is 12.0. The van der Waals surface area contributed by atoms with Crippen molar-refractivity contribution in [3.05, 3.63) is 29.8 Å². The molecule has 20 heavy (non-hydrogen) atoms. The molecular formula is C15H21NO4. The van der Waals surface area contributed by atoms with Crippen LogP contribution in [0.5, 0.6) is 5.75 Å². The molecule has 0 saturated carbocycles. The minimum absolute atomic E-state index is 0.187. The van der Waals surface area contributed by atoms with Gasteiger partial charge < -0.3 is 15.2 Å². The Morgan fingerprint density at radius 2 is 1.95 bits per heavy atom. The van der Waals surface area contributed by atoms with Crippen LogP contribution in [0.3, 0.4) is 0 Å². The molecule has 0 saturated heterocycles. The molecule has 2 N–H and O–H groups in total. The van der Waals surface area contributed by atoms with Crippen molar-refractivity contribution in [1.29, 1.82) is 0 Å². The summed E-state index contributed by atoms with van der Waals surface area (Å²) >= 11 is 0. The van der Waals surface area contributed by atoms with Gasteiger partial charge in [-0.1, -0.05) is 39.0 Å². The van der Waals surface area contributed by atoms with Gasteiger partial charge in [0.15, 0.2) is 6.61 Å². The van der Waals surface area contributed by atoms with E-state index in [0.29, 0.717) is 12.2 Å². The Morgan fingerprint density at radius 3 is 2.50 bits per heavy atom. The standard InChI is InChI=1S/C15H21NO4/c1-4-12(15(18)19)16-14(17)9-20-13-8-6-5-7-11(13)10(2)3/h5-8,10,12H,4,9H2,1-3H3,(H,16,17)(H,18,19)/t12-/m1/s1. The van der Waals surface area contributed by atoms with Gasteiger partial charge in [-0.2, -0.15) is 0 Å². The Labute approximate surface area is 118 Å². The lowest BCUT2D eigenvalue weighted by Gasteiger charge is -2.15. The second kappa shape index (κ2) is 7.53. The van der Waals surface area contributed by atoms with Gasteiger partial charge in [-0.15, -0.1) is 0 Å². The van der Waals surface area contributed by atoms with Gasteiger partial charge in [-0.05, 0) is 24.0 Å². The number of hydrogen-bond acceptors (Lipinski definition) is 3. The molecule has 0 aliphatic carbocycles. The highest BCUT2D eigenvalue weighted by atomic mass is 16.5. The van der Waals surface area contributed by atoms with E-state index < -0.39 is 17.9 Å². The van der Waals surface area contributed by atoms with Crippen molar-refractivity contribution in [2.24, 2.45) is 0 Å². The minimum atomic E-state index is -1.04. The van der Waals surface area contributed by atoms with Crippen LogP contribution in [0.2, 0.25) is 0 Å². The fraction of sp³-hybridized carbons (Fsp3) is 0.467. The number of carbonyl (C=O) groups is 2. The van der Waals surface area contributed by atoms with Crippen LogP contribution in [0.15, 0.2) is 24.3 Å². The molecule has 0 fully saturated rings. The van der Waals surface area contributed by atoms with Crippen molar-refractivity contribution < 1.29 is 19.4 Å². The molecule has 0 spiro atoms. The van der Waals surface area contributed by atoms with Crippen LogP contribution in [-0.4, -0.2) is 29.6 Å². The molecule has 1 rings (SSSR count). The zero-order valence-corrected chi connectivity index (χ0v) is 12.1. The molecule has 0 unspecified atom stereocenters. The summed E-state index contributed by atoms with van der Waals surface area (Å²) in [6, 6.07) is 6.64. The molecule has 0 radical (unpaired) electrons. The summed E-state index contributed by atoms with van der Waals surface area (Å²) in [7, 11) is 0. The first-order valence-electron chi connectivity index (χ1n) is 6.69. The maximum Gasteiger partial charge on any atom is 0.326 e. The first kappa shape index (κ1) is 16.0. The van der Waals surface area contributed by atoms with E-state index in [1.807, 2.05) is 32.0 Å². The van der Waals surface area contributed by atoms with Crippen LogP contribution in [-0.2, 0) is 9.59 Å². The van der Waals surface area contributed by atoms with Gasteiger partial charge in [-0.3, -0.25) is 4.79 Å². The highest BCUT2D eigenvalue weighted by Gasteiger charge is 2.18. The summed E-state index contributed by atoms with van der Waals surface area (Å²) in [5, 5.41) is 11.3. The average Bonchev–Trinajstić information content (AvgIpc) is 2.42. The van der Waals surface area contributed by atoms with Crippen molar-refractivity contribution in [1.82, 2.24) is 5.32 Å². The lowest BCUT2D eigenvalue weighted by atomic mass is 10.0. The molecule has 1 amide bonds. The van der Waals surface area contributed by atoms with Gasteiger partial charge in [0.25, 0.3) is 5.91 Å². The Kier molecular flexibility index (Phi) is 6.03. The topological polar surface area (TPSA) is 75.6 Å². The quantitative estimate of drug-likeness (QED) is 0.802. The van der Waals surface area contributed by atoms with Gasteiger partial charge in [0.1, 0.15) is 11.8 Å². The van der Waals surface area contributed by atoms with E-state index in [0.717, 1.165) is 5.56 Å². The van der Waals surface area contributed by atoms with E-state index in [9.17, 15) is 9.59 Å².